The van der Waals surface area contributed by atoms with Crippen molar-refractivity contribution in [3.05, 3.63) is 34.6 Å². The molecule has 2 aliphatic rings. The zero-order valence-corrected chi connectivity index (χ0v) is 10.6. The maximum absolute atomic E-state index is 13.7. The quantitative estimate of drug-likeness (QED) is 0.844. The summed E-state index contributed by atoms with van der Waals surface area (Å²) in [4.78, 5) is 14.1. The molecule has 2 aliphatic heterocycles. The van der Waals surface area contributed by atoms with Crippen LogP contribution in [0.25, 0.3) is 0 Å². The summed E-state index contributed by atoms with van der Waals surface area (Å²) in [6.45, 7) is 2.47. The number of rotatable bonds is 1. The number of fused-ring (bicyclic) bond motifs is 1. The van der Waals surface area contributed by atoms with Crippen LogP contribution in [0.1, 0.15) is 16.8 Å². The molecular formula is C13H14ClFN2O. The second kappa shape index (κ2) is 4.52. The highest BCUT2D eigenvalue weighted by atomic mass is 35.5. The molecule has 1 aromatic rings. The lowest BCUT2D eigenvalue weighted by Crippen LogP contribution is -2.39. The number of carbonyl (C=O) groups is 1. The van der Waals surface area contributed by atoms with E-state index in [4.69, 9.17) is 11.6 Å². The maximum atomic E-state index is 13.7. The third-order valence-corrected chi connectivity index (χ3v) is 4.10. The first-order chi connectivity index (χ1) is 8.66. The Hall–Kier alpha value is -1.13. The number of amides is 1. The van der Waals surface area contributed by atoms with Crippen molar-refractivity contribution in [1.29, 1.82) is 0 Å². The third kappa shape index (κ3) is 1.89. The fourth-order valence-electron chi connectivity index (χ4n) is 2.92. The van der Waals surface area contributed by atoms with Crippen molar-refractivity contribution in [1.82, 2.24) is 10.2 Å². The molecule has 3 rings (SSSR count). The van der Waals surface area contributed by atoms with Crippen molar-refractivity contribution in [2.45, 2.75) is 12.5 Å². The van der Waals surface area contributed by atoms with Crippen molar-refractivity contribution in [3.63, 3.8) is 0 Å². The molecule has 18 heavy (non-hydrogen) atoms. The Morgan fingerprint density at radius 2 is 2.28 bits per heavy atom. The van der Waals surface area contributed by atoms with Gasteiger partial charge in [-0.15, -0.1) is 0 Å². The third-order valence-electron chi connectivity index (χ3n) is 3.86. The lowest BCUT2D eigenvalue weighted by molar-refractivity contribution is 0.0732. The van der Waals surface area contributed by atoms with Gasteiger partial charge in [0.05, 0.1) is 5.56 Å². The van der Waals surface area contributed by atoms with Gasteiger partial charge in [-0.1, -0.05) is 11.6 Å². The minimum atomic E-state index is -0.501. The number of halogens is 2. The zero-order chi connectivity index (χ0) is 12.7. The molecule has 2 fully saturated rings. The van der Waals surface area contributed by atoms with Crippen molar-refractivity contribution in [2.75, 3.05) is 19.6 Å². The number of nitrogens with zero attached hydrogens (tertiary/aromatic N) is 1. The molecule has 0 aromatic heterocycles. The van der Waals surface area contributed by atoms with Crippen molar-refractivity contribution in [2.24, 2.45) is 5.92 Å². The van der Waals surface area contributed by atoms with Crippen LogP contribution >= 0.6 is 11.6 Å². The van der Waals surface area contributed by atoms with E-state index in [1.54, 1.807) is 4.90 Å². The summed E-state index contributed by atoms with van der Waals surface area (Å²) in [7, 11) is 0. The van der Waals surface area contributed by atoms with Crippen LogP contribution in [0.15, 0.2) is 18.2 Å². The van der Waals surface area contributed by atoms with Gasteiger partial charge < -0.3 is 10.2 Å². The van der Waals surface area contributed by atoms with Gasteiger partial charge in [0.2, 0.25) is 0 Å². The van der Waals surface area contributed by atoms with Crippen LogP contribution in [0.5, 0.6) is 0 Å². The van der Waals surface area contributed by atoms with Gasteiger partial charge >= 0.3 is 0 Å². The van der Waals surface area contributed by atoms with Gasteiger partial charge in [0.1, 0.15) is 5.82 Å². The number of carbonyl (C=O) groups excluding carboxylic acids is 1. The minimum absolute atomic E-state index is 0.0788. The smallest absolute Gasteiger partial charge is 0.257 e. The van der Waals surface area contributed by atoms with Crippen LogP contribution in [0.3, 0.4) is 0 Å². The molecule has 1 aromatic carbocycles. The van der Waals surface area contributed by atoms with Gasteiger partial charge in [-0.05, 0) is 30.5 Å². The van der Waals surface area contributed by atoms with E-state index in [1.807, 2.05) is 0 Å². The first-order valence-corrected chi connectivity index (χ1v) is 6.51. The van der Waals surface area contributed by atoms with Crippen LogP contribution in [0.4, 0.5) is 4.39 Å². The zero-order valence-electron chi connectivity index (χ0n) is 9.83. The number of hydrogen-bond donors (Lipinski definition) is 1. The largest absolute Gasteiger partial charge is 0.334 e. The molecule has 1 amide bonds. The molecule has 2 heterocycles. The Morgan fingerprint density at radius 1 is 1.44 bits per heavy atom. The summed E-state index contributed by atoms with van der Waals surface area (Å²) >= 11 is 5.83. The van der Waals surface area contributed by atoms with Gasteiger partial charge in [0.25, 0.3) is 5.91 Å². The SMILES string of the molecule is O=C(c1cc(Cl)ccc1F)N1CC[C@@H]2CNC[C@@H]21. The van der Waals surface area contributed by atoms with E-state index in [-0.39, 0.29) is 17.5 Å². The standard InChI is InChI=1S/C13H14ClFN2O/c14-9-1-2-11(15)10(5-9)13(18)17-4-3-8-6-16-7-12(8)17/h1-2,5,8,12,16H,3-4,6-7H2/t8-,12+/m1/s1. The Labute approximate surface area is 110 Å². The topological polar surface area (TPSA) is 32.3 Å². The van der Waals surface area contributed by atoms with E-state index >= 15 is 0 Å². The summed E-state index contributed by atoms with van der Waals surface area (Å²) in [6, 6.07) is 4.32. The molecule has 1 N–H and O–H groups in total. The van der Waals surface area contributed by atoms with E-state index in [0.717, 1.165) is 19.5 Å². The minimum Gasteiger partial charge on any atom is -0.334 e. The highest BCUT2D eigenvalue weighted by molar-refractivity contribution is 6.31. The van der Waals surface area contributed by atoms with Crippen LogP contribution in [0, 0.1) is 11.7 Å². The van der Waals surface area contributed by atoms with Gasteiger partial charge in [-0.25, -0.2) is 4.39 Å². The van der Waals surface area contributed by atoms with Gasteiger partial charge in [-0.2, -0.15) is 0 Å². The number of hydrogen-bond acceptors (Lipinski definition) is 2. The highest BCUT2D eigenvalue weighted by Gasteiger charge is 2.40. The molecule has 0 spiro atoms. The lowest BCUT2D eigenvalue weighted by atomic mass is 10.0. The summed E-state index contributed by atoms with van der Waals surface area (Å²) in [5.74, 6) is -0.235. The van der Waals surface area contributed by atoms with Gasteiger partial charge in [0, 0.05) is 30.7 Å². The van der Waals surface area contributed by atoms with Crippen LogP contribution < -0.4 is 5.32 Å². The molecular weight excluding hydrogens is 255 g/mol. The van der Waals surface area contributed by atoms with E-state index < -0.39 is 5.82 Å². The number of benzene rings is 1. The Bertz CT molecular complexity index is 494. The lowest BCUT2D eigenvalue weighted by Gasteiger charge is -2.23. The summed E-state index contributed by atoms with van der Waals surface area (Å²) in [5, 5.41) is 3.66. The van der Waals surface area contributed by atoms with E-state index in [0.29, 0.717) is 17.5 Å². The predicted molar refractivity (Wildman–Crippen MR) is 67.2 cm³/mol. The van der Waals surface area contributed by atoms with Gasteiger partial charge in [-0.3, -0.25) is 4.79 Å². The molecule has 96 valence electrons. The Balaban J connectivity index is 1.88. The molecule has 0 unspecified atom stereocenters. The fourth-order valence-corrected chi connectivity index (χ4v) is 3.09. The normalized spacial score (nSPS) is 26.4. The van der Waals surface area contributed by atoms with Crippen molar-refractivity contribution in [3.8, 4) is 0 Å². The number of nitrogens with one attached hydrogen (secondary N) is 1. The first-order valence-electron chi connectivity index (χ1n) is 6.13. The van der Waals surface area contributed by atoms with E-state index in [9.17, 15) is 9.18 Å². The van der Waals surface area contributed by atoms with Crippen LogP contribution in [0.2, 0.25) is 5.02 Å². The molecule has 5 heteroatoms. The summed E-state index contributed by atoms with van der Waals surface area (Å²) < 4.78 is 13.7. The first kappa shape index (κ1) is 11.9. The number of likely N-dealkylation sites (tertiary alicyclic amines) is 1. The molecule has 0 saturated carbocycles. The summed E-state index contributed by atoms with van der Waals surface area (Å²) in [5.41, 5.74) is 0.0788. The second-order valence-corrected chi connectivity index (χ2v) is 5.33. The fraction of sp³-hybridized carbons (Fsp3) is 0.462. The van der Waals surface area contributed by atoms with Crippen molar-refractivity contribution < 1.29 is 9.18 Å². The Morgan fingerprint density at radius 3 is 3.11 bits per heavy atom. The molecule has 0 aliphatic carbocycles. The van der Waals surface area contributed by atoms with E-state index in [2.05, 4.69) is 5.32 Å². The molecule has 0 radical (unpaired) electrons. The molecule has 3 nitrogen and oxygen atoms in total. The highest BCUT2D eigenvalue weighted by Crippen LogP contribution is 2.29. The molecule has 0 bridgehead atoms. The Kier molecular flexibility index (Phi) is 2.99. The molecule has 2 atom stereocenters. The van der Waals surface area contributed by atoms with Crippen LogP contribution in [-0.2, 0) is 0 Å². The average molecular weight is 269 g/mol. The predicted octanol–water partition coefficient (Wildman–Crippen LogP) is 1.91. The second-order valence-electron chi connectivity index (χ2n) is 4.90. The summed E-state index contributed by atoms with van der Waals surface area (Å²) in [6.07, 6.45) is 0.992. The van der Waals surface area contributed by atoms with Crippen LogP contribution in [-0.4, -0.2) is 36.5 Å². The molecule has 2 saturated heterocycles. The monoisotopic (exact) mass is 268 g/mol. The average Bonchev–Trinajstić information content (AvgIpc) is 2.93. The van der Waals surface area contributed by atoms with Gasteiger partial charge in [0.15, 0.2) is 0 Å². The van der Waals surface area contributed by atoms with E-state index in [1.165, 1.54) is 18.2 Å². The maximum Gasteiger partial charge on any atom is 0.257 e. The van der Waals surface area contributed by atoms with Crippen molar-refractivity contribution >= 4 is 17.5 Å².